The van der Waals surface area contributed by atoms with Gasteiger partial charge in [0.25, 0.3) is 0 Å². The third kappa shape index (κ3) is 49.5. The molecule has 0 aromatic heterocycles. The fourth-order valence-electron chi connectivity index (χ4n) is 5.81. The van der Waals surface area contributed by atoms with Gasteiger partial charge in [0.1, 0.15) is 13.2 Å². The smallest absolute Gasteiger partial charge is 0.306 e. The molecule has 362 valence electrons. The topological polar surface area (TPSA) is 78.9 Å². The first kappa shape index (κ1) is 60.5. The summed E-state index contributed by atoms with van der Waals surface area (Å²) in [5.74, 6) is -1.06. The molecule has 0 N–H and O–H groups in total. The zero-order valence-electron chi connectivity index (χ0n) is 41.1. The van der Waals surface area contributed by atoms with E-state index in [1.165, 1.54) is 6.42 Å². The molecule has 1 atom stereocenters. The van der Waals surface area contributed by atoms with Crippen LogP contribution in [0.2, 0.25) is 0 Å². The number of esters is 3. The lowest BCUT2D eigenvalue weighted by Gasteiger charge is -2.18. The molecule has 0 amide bonds. The molecular formula is C60H86O6. The number of hydrogen-bond acceptors (Lipinski definition) is 6. The van der Waals surface area contributed by atoms with Crippen LogP contribution in [0, 0.1) is 0 Å². The Bertz CT molecular complexity index is 1650. The maximum atomic E-state index is 12.8. The lowest BCUT2D eigenvalue weighted by molar-refractivity contribution is -0.167. The minimum absolute atomic E-state index is 0.134. The van der Waals surface area contributed by atoms with Crippen LogP contribution in [0.3, 0.4) is 0 Å². The van der Waals surface area contributed by atoms with Gasteiger partial charge in [-0.3, -0.25) is 14.4 Å². The first-order valence-electron chi connectivity index (χ1n) is 25.0. The summed E-state index contributed by atoms with van der Waals surface area (Å²) in [4.78, 5) is 38.0. The van der Waals surface area contributed by atoms with Crippen LogP contribution < -0.4 is 0 Å². The summed E-state index contributed by atoms with van der Waals surface area (Å²) in [6, 6.07) is 0. The van der Waals surface area contributed by atoms with Gasteiger partial charge >= 0.3 is 17.9 Å². The number of ether oxygens (including phenoxy) is 3. The number of unbranched alkanes of at least 4 members (excludes halogenated alkanes) is 12. The number of rotatable bonds is 41. The number of carbonyl (C=O) groups excluding carboxylic acids is 3. The van der Waals surface area contributed by atoms with Crippen molar-refractivity contribution in [3.8, 4) is 0 Å². The van der Waals surface area contributed by atoms with Crippen LogP contribution in [0.4, 0.5) is 0 Å². The van der Waals surface area contributed by atoms with Gasteiger partial charge in [-0.1, -0.05) is 242 Å². The highest BCUT2D eigenvalue weighted by molar-refractivity contribution is 5.71. The van der Waals surface area contributed by atoms with E-state index in [0.717, 1.165) is 96.3 Å². The maximum Gasteiger partial charge on any atom is 0.306 e. The summed E-state index contributed by atoms with van der Waals surface area (Å²) < 4.78 is 16.7. The van der Waals surface area contributed by atoms with E-state index in [1.807, 2.05) is 134 Å². The normalized spacial score (nSPS) is 13.7. The molecule has 0 saturated heterocycles. The number of carbonyl (C=O) groups is 3. The predicted octanol–water partition coefficient (Wildman–Crippen LogP) is 16.6. The molecule has 6 nitrogen and oxygen atoms in total. The Hall–Kier alpha value is -5.49. The summed E-state index contributed by atoms with van der Waals surface area (Å²) in [6.45, 7) is 6.12. The molecule has 1 unspecified atom stereocenters. The molecule has 0 aliphatic rings. The van der Waals surface area contributed by atoms with E-state index in [4.69, 9.17) is 14.2 Å². The summed E-state index contributed by atoms with van der Waals surface area (Å²) in [5.41, 5.74) is 0. The first-order chi connectivity index (χ1) is 32.5. The van der Waals surface area contributed by atoms with Crippen molar-refractivity contribution < 1.29 is 28.6 Å². The van der Waals surface area contributed by atoms with Gasteiger partial charge in [0.05, 0.1) is 0 Å². The van der Waals surface area contributed by atoms with Crippen LogP contribution in [0.25, 0.3) is 0 Å². The molecule has 6 heteroatoms. The van der Waals surface area contributed by atoms with E-state index in [2.05, 4.69) is 69.4 Å². The highest BCUT2D eigenvalue weighted by atomic mass is 16.6. The molecule has 0 aliphatic carbocycles. The van der Waals surface area contributed by atoms with E-state index in [1.54, 1.807) is 0 Å². The van der Waals surface area contributed by atoms with Crippen molar-refractivity contribution in [2.24, 2.45) is 0 Å². The molecule has 0 saturated carbocycles. The highest BCUT2D eigenvalue weighted by Crippen LogP contribution is 2.11. The Morgan fingerprint density at radius 2 is 0.591 bits per heavy atom. The van der Waals surface area contributed by atoms with E-state index in [0.29, 0.717) is 19.3 Å². The van der Waals surface area contributed by atoms with Crippen molar-refractivity contribution in [3.63, 3.8) is 0 Å². The quantitative estimate of drug-likeness (QED) is 0.0263. The van der Waals surface area contributed by atoms with Gasteiger partial charge in [-0.15, -0.1) is 0 Å². The Kier molecular flexibility index (Phi) is 47.8. The molecule has 0 spiro atoms. The molecule has 0 radical (unpaired) electrons. The van der Waals surface area contributed by atoms with Gasteiger partial charge in [-0.25, -0.2) is 0 Å². The van der Waals surface area contributed by atoms with E-state index >= 15 is 0 Å². The average molecular weight is 903 g/mol. The van der Waals surface area contributed by atoms with Gasteiger partial charge in [0.2, 0.25) is 0 Å². The van der Waals surface area contributed by atoms with Gasteiger partial charge in [0, 0.05) is 19.3 Å². The zero-order chi connectivity index (χ0) is 47.9. The number of hydrogen-bond donors (Lipinski definition) is 0. The molecule has 66 heavy (non-hydrogen) atoms. The largest absolute Gasteiger partial charge is 0.462 e. The third-order valence-electron chi connectivity index (χ3n) is 9.49. The van der Waals surface area contributed by atoms with Crippen LogP contribution in [0.1, 0.15) is 156 Å². The third-order valence-corrected chi connectivity index (χ3v) is 9.49. The van der Waals surface area contributed by atoms with E-state index < -0.39 is 6.10 Å². The van der Waals surface area contributed by atoms with Crippen molar-refractivity contribution in [2.75, 3.05) is 13.2 Å². The van der Waals surface area contributed by atoms with Crippen LogP contribution >= 0.6 is 0 Å². The second-order valence-corrected chi connectivity index (χ2v) is 15.6. The standard InChI is InChI=1S/C60H86O6/c1-4-7-10-13-16-19-22-25-28-29-30-33-35-38-41-44-47-50-53-59(62)65-56-57(66-60(63)54-51-48-45-42-39-36-32-27-24-21-18-15-12-9-6-3)55-64-58(61)52-49-46-43-40-37-34-31-26-23-20-17-14-11-8-5-2/h8-34,36-37,39,57H,4-7,35,38,40-56H2,1-3H3/b11-8-,12-9-,13-10-,17-14-,18-15-,19-16-,23-20-,24-21-,25-22-,29-28-,31-26-,32-27-,33-30-,37-34-,39-36-. The second-order valence-electron chi connectivity index (χ2n) is 15.6. The maximum absolute atomic E-state index is 12.8. The van der Waals surface area contributed by atoms with Gasteiger partial charge in [-0.05, 0) is 77.0 Å². The molecule has 0 bridgehead atoms. The Labute approximate surface area is 402 Å². The molecule has 0 aromatic rings. The Morgan fingerprint density at radius 3 is 0.939 bits per heavy atom. The Balaban J connectivity index is 4.65. The average Bonchev–Trinajstić information content (AvgIpc) is 3.31. The summed E-state index contributed by atoms with van der Waals surface area (Å²) in [5, 5.41) is 0. The SMILES string of the molecule is CC\C=C/C=C\C=C/C=C\C=C/CCCCCC(=O)OCC(COC(=O)CCCCCCC\C=C/C=C\C=C/C=C\C=C/CCC)OC(=O)CCCCC\C=C/C=C\C=C/C=C\C=C/CC. The fourth-order valence-corrected chi connectivity index (χ4v) is 5.81. The van der Waals surface area contributed by atoms with Gasteiger partial charge in [0.15, 0.2) is 6.10 Å². The molecule has 0 aliphatic heterocycles. The molecule has 0 heterocycles. The molecule has 0 rings (SSSR count). The van der Waals surface area contributed by atoms with Crippen molar-refractivity contribution in [2.45, 2.75) is 162 Å². The predicted molar refractivity (Wildman–Crippen MR) is 283 cm³/mol. The van der Waals surface area contributed by atoms with Crippen LogP contribution in [0.15, 0.2) is 182 Å². The summed E-state index contributed by atoms with van der Waals surface area (Å²) in [7, 11) is 0. The van der Waals surface area contributed by atoms with Crippen molar-refractivity contribution in [1.82, 2.24) is 0 Å². The molecule has 0 fully saturated rings. The van der Waals surface area contributed by atoms with Crippen LogP contribution in [0.5, 0.6) is 0 Å². The minimum Gasteiger partial charge on any atom is -0.462 e. The first-order valence-corrected chi connectivity index (χ1v) is 25.0. The molecule has 0 aromatic carbocycles. The van der Waals surface area contributed by atoms with Gasteiger partial charge < -0.3 is 14.2 Å². The minimum atomic E-state index is -0.840. The van der Waals surface area contributed by atoms with Crippen molar-refractivity contribution in [3.05, 3.63) is 182 Å². The van der Waals surface area contributed by atoms with Crippen LogP contribution in [-0.2, 0) is 28.6 Å². The fraction of sp³-hybridized carbons (Fsp3) is 0.450. The lowest BCUT2D eigenvalue weighted by Crippen LogP contribution is -2.30. The monoisotopic (exact) mass is 903 g/mol. The Morgan fingerprint density at radius 1 is 0.318 bits per heavy atom. The second kappa shape index (κ2) is 52.1. The van der Waals surface area contributed by atoms with E-state index in [-0.39, 0.29) is 44.0 Å². The van der Waals surface area contributed by atoms with Crippen LogP contribution in [-0.4, -0.2) is 37.2 Å². The summed E-state index contributed by atoms with van der Waals surface area (Å²) in [6.07, 6.45) is 78.6. The summed E-state index contributed by atoms with van der Waals surface area (Å²) >= 11 is 0. The van der Waals surface area contributed by atoms with Crippen molar-refractivity contribution >= 4 is 17.9 Å². The van der Waals surface area contributed by atoms with E-state index in [9.17, 15) is 14.4 Å². The number of allylic oxidation sites excluding steroid dienone is 30. The van der Waals surface area contributed by atoms with Gasteiger partial charge in [-0.2, -0.15) is 0 Å². The zero-order valence-corrected chi connectivity index (χ0v) is 41.1. The van der Waals surface area contributed by atoms with Crippen molar-refractivity contribution in [1.29, 1.82) is 0 Å². The highest BCUT2D eigenvalue weighted by Gasteiger charge is 2.19. The lowest BCUT2D eigenvalue weighted by atomic mass is 10.1. The molecular weight excluding hydrogens is 817 g/mol.